The van der Waals surface area contributed by atoms with E-state index in [0.29, 0.717) is 12.8 Å². The lowest BCUT2D eigenvalue weighted by Crippen LogP contribution is -2.45. The van der Waals surface area contributed by atoms with Crippen LogP contribution < -0.4 is 5.32 Å². The van der Waals surface area contributed by atoms with Crippen LogP contribution in [0.15, 0.2) is 18.2 Å². The highest BCUT2D eigenvalue weighted by molar-refractivity contribution is 6.13. The lowest BCUT2D eigenvalue weighted by Gasteiger charge is -2.30. The van der Waals surface area contributed by atoms with Gasteiger partial charge in [-0.3, -0.25) is 9.59 Å². The third-order valence-corrected chi connectivity index (χ3v) is 4.96. The summed E-state index contributed by atoms with van der Waals surface area (Å²) in [5.74, 6) is -0.0867. The van der Waals surface area contributed by atoms with Crippen molar-refractivity contribution in [2.75, 3.05) is 18.4 Å². The predicted molar refractivity (Wildman–Crippen MR) is 86.6 cm³/mol. The largest absolute Gasteiger partial charge is 0.342 e. The standard InChI is InChI=1S/C18H24N2O2/c1-13-7-6-8-14(2)15(13)19-16(21)18(9-10-18)17(22)20-11-4-3-5-12-20/h6-8H,3-5,9-12H2,1-2H3,(H,19,21). The fourth-order valence-corrected chi connectivity index (χ4v) is 3.31. The van der Waals surface area contributed by atoms with Gasteiger partial charge in [0, 0.05) is 18.8 Å². The Labute approximate surface area is 131 Å². The Morgan fingerprint density at radius 1 is 1.05 bits per heavy atom. The van der Waals surface area contributed by atoms with Gasteiger partial charge in [-0.05, 0) is 57.1 Å². The van der Waals surface area contributed by atoms with Gasteiger partial charge in [0.2, 0.25) is 11.8 Å². The van der Waals surface area contributed by atoms with Gasteiger partial charge in [-0.25, -0.2) is 0 Å². The Hall–Kier alpha value is -1.84. The molecule has 118 valence electrons. The number of hydrogen-bond donors (Lipinski definition) is 1. The van der Waals surface area contributed by atoms with Crippen molar-refractivity contribution in [1.82, 2.24) is 4.90 Å². The van der Waals surface area contributed by atoms with Crippen molar-refractivity contribution in [2.45, 2.75) is 46.0 Å². The van der Waals surface area contributed by atoms with Crippen molar-refractivity contribution in [1.29, 1.82) is 0 Å². The first-order valence-corrected chi connectivity index (χ1v) is 8.22. The maximum Gasteiger partial charge on any atom is 0.240 e. The number of nitrogens with one attached hydrogen (secondary N) is 1. The highest BCUT2D eigenvalue weighted by atomic mass is 16.2. The number of nitrogens with zero attached hydrogens (tertiary/aromatic N) is 1. The molecule has 0 bridgehead atoms. The minimum Gasteiger partial charge on any atom is -0.342 e. The third-order valence-electron chi connectivity index (χ3n) is 4.96. The average Bonchev–Trinajstić information content (AvgIpc) is 3.33. The first kappa shape index (κ1) is 15.1. The van der Waals surface area contributed by atoms with Crippen LogP contribution in [0.5, 0.6) is 0 Å². The van der Waals surface area contributed by atoms with Crippen molar-refractivity contribution < 1.29 is 9.59 Å². The van der Waals surface area contributed by atoms with E-state index in [0.717, 1.165) is 42.7 Å². The van der Waals surface area contributed by atoms with Gasteiger partial charge >= 0.3 is 0 Å². The highest BCUT2D eigenvalue weighted by Gasteiger charge is 2.58. The van der Waals surface area contributed by atoms with E-state index in [9.17, 15) is 9.59 Å². The van der Waals surface area contributed by atoms with Gasteiger partial charge in [-0.2, -0.15) is 0 Å². The molecule has 2 amide bonds. The van der Waals surface area contributed by atoms with Crippen LogP contribution in [0.4, 0.5) is 5.69 Å². The van der Waals surface area contributed by atoms with E-state index in [2.05, 4.69) is 5.32 Å². The summed E-state index contributed by atoms with van der Waals surface area (Å²) in [6, 6.07) is 5.94. The number of benzene rings is 1. The van der Waals surface area contributed by atoms with Crippen molar-refractivity contribution in [3.63, 3.8) is 0 Å². The molecule has 4 nitrogen and oxygen atoms in total. The highest BCUT2D eigenvalue weighted by Crippen LogP contribution is 2.48. The van der Waals surface area contributed by atoms with Gasteiger partial charge < -0.3 is 10.2 Å². The van der Waals surface area contributed by atoms with Crippen molar-refractivity contribution in [3.05, 3.63) is 29.3 Å². The van der Waals surface area contributed by atoms with Crippen LogP contribution in [0.1, 0.15) is 43.2 Å². The Morgan fingerprint density at radius 2 is 1.64 bits per heavy atom. The molecule has 1 heterocycles. The molecule has 1 saturated heterocycles. The quantitative estimate of drug-likeness (QED) is 0.872. The summed E-state index contributed by atoms with van der Waals surface area (Å²) in [6.07, 6.45) is 4.66. The molecule has 1 N–H and O–H groups in total. The zero-order valence-corrected chi connectivity index (χ0v) is 13.4. The summed E-state index contributed by atoms with van der Waals surface area (Å²) in [4.78, 5) is 27.4. The van der Waals surface area contributed by atoms with Crippen LogP contribution in [-0.2, 0) is 9.59 Å². The molecule has 0 atom stereocenters. The Kier molecular flexibility index (Phi) is 3.94. The van der Waals surface area contributed by atoms with Crippen LogP contribution in [-0.4, -0.2) is 29.8 Å². The second-order valence-corrected chi connectivity index (χ2v) is 6.66. The van der Waals surface area contributed by atoms with E-state index < -0.39 is 5.41 Å². The molecule has 2 aliphatic rings. The third kappa shape index (κ3) is 2.62. The van der Waals surface area contributed by atoms with E-state index in [1.54, 1.807) is 0 Å². The summed E-state index contributed by atoms with van der Waals surface area (Å²) in [7, 11) is 0. The van der Waals surface area contributed by atoms with Crippen LogP contribution in [0.25, 0.3) is 0 Å². The van der Waals surface area contributed by atoms with Gasteiger partial charge in [0.15, 0.2) is 0 Å². The molecule has 22 heavy (non-hydrogen) atoms. The van der Waals surface area contributed by atoms with Crippen LogP contribution in [0, 0.1) is 19.3 Å². The zero-order valence-electron chi connectivity index (χ0n) is 13.4. The number of hydrogen-bond acceptors (Lipinski definition) is 2. The average molecular weight is 300 g/mol. The summed E-state index contributed by atoms with van der Waals surface area (Å²) >= 11 is 0. The number of rotatable bonds is 3. The fraction of sp³-hybridized carbons (Fsp3) is 0.556. The van der Waals surface area contributed by atoms with Crippen molar-refractivity contribution in [2.24, 2.45) is 5.41 Å². The zero-order chi connectivity index (χ0) is 15.7. The molecular weight excluding hydrogens is 276 g/mol. The SMILES string of the molecule is Cc1cccc(C)c1NC(=O)C1(C(=O)N2CCCCC2)CC1. The first-order valence-electron chi connectivity index (χ1n) is 8.22. The lowest BCUT2D eigenvalue weighted by molar-refractivity contribution is -0.143. The van der Waals surface area contributed by atoms with Gasteiger partial charge in [0.1, 0.15) is 5.41 Å². The number of piperidine rings is 1. The van der Waals surface area contributed by atoms with Gasteiger partial charge in [0.25, 0.3) is 0 Å². The minimum atomic E-state index is -0.800. The monoisotopic (exact) mass is 300 g/mol. The van der Waals surface area contributed by atoms with Crippen molar-refractivity contribution >= 4 is 17.5 Å². The predicted octanol–water partition coefficient (Wildman–Crippen LogP) is 3.03. The number of likely N-dealkylation sites (tertiary alicyclic amines) is 1. The number of carbonyl (C=O) groups is 2. The maximum absolute atomic E-state index is 12.7. The van der Waals surface area contributed by atoms with Gasteiger partial charge in [-0.1, -0.05) is 18.2 Å². The molecule has 1 aromatic carbocycles. The molecule has 4 heteroatoms. The Balaban J connectivity index is 1.75. The molecule has 1 aliphatic heterocycles. The van der Waals surface area contributed by atoms with Crippen LogP contribution in [0.2, 0.25) is 0 Å². The number of carbonyl (C=O) groups excluding carboxylic acids is 2. The second-order valence-electron chi connectivity index (χ2n) is 6.66. The summed E-state index contributed by atoms with van der Waals surface area (Å²) in [6.45, 7) is 5.57. The number of aryl methyl sites for hydroxylation is 2. The maximum atomic E-state index is 12.7. The molecule has 1 aromatic rings. The smallest absolute Gasteiger partial charge is 0.240 e. The second kappa shape index (κ2) is 5.75. The number of anilines is 1. The molecule has 2 fully saturated rings. The molecule has 0 spiro atoms. The van der Waals surface area contributed by atoms with Crippen LogP contribution >= 0.6 is 0 Å². The molecule has 0 aromatic heterocycles. The number of para-hydroxylation sites is 1. The van der Waals surface area contributed by atoms with Crippen molar-refractivity contribution in [3.8, 4) is 0 Å². The van der Waals surface area contributed by atoms with E-state index in [1.165, 1.54) is 6.42 Å². The number of amides is 2. The minimum absolute atomic E-state index is 0.0379. The van der Waals surface area contributed by atoms with E-state index in [4.69, 9.17) is 0 Å². The lowest BCUT2D eigenvalue weighted by atomic mass is 10.0. The van der Waals surface area contributed by atoms with Gasteiger partial charge in [-0.15, -0.1) is 0 Å². The topological polar surface area (TPSA) is 49.4 Å². The molecule has 1 saturated carbocycles. The normalized spacial score (nSPS) is 19.6. The summed E-state index contributed by atoms with van der Waals surface area (Å²) in [5.41, 5.74) is 2.13. The van der Waals surface area contributed by atoms with E-state index in [-0.39, 0.29) is 11.8 Å². The molecule has 1 aliphatic carbocycles. The molecular formula is C18H24N2O2. The Bertz CT molecular complexity index is 579. The van der Waals surface area contributed by atoms with E-state index in [1.807, 2.05) is 36.9 Å². The van der Waals surface area contributed by atoms with E-state index >= 15 is 0 Å². The molecule has 0 unspecified atom stereocenters. The first-order chi connectivity index (χ1) is 10.5. The molecule has 0 radical (unpaired) electrons. The molecule has 3 rings (SSSR count). The fourth-order valence-electron chi connectivity index (χ4n) is 3.31. The van der Waals surface area contributed by atoms with Crippen LogP contribution in [0.3, 0.4) is 0 Å². The summed E-state index contributed by atoms with van der Waals surface area (Å²) in [5, 5.41) is 3.01. The Morgan fingerprint density at radius 3 is 2.18 bits per heavy atom. The summed E-state index contributed by atoms with van der Waals surface area (Å²) < 4.78 is 0. The van der Waals surface area contributed by atoms with Gasteiger partial charge in [0.05, 0.1) is 0 Å².